The quantitative estimate of drug-likeness (QED) is 0.698. The Hall–Kier alpha value is -3.22. The normalized spacial score (nSPS) is 13.6. The molecular formula is C21H20FN3O3. The Kier molecular flexibility index (Phi) is 4.58. The van der Waals surface area contributed by atoms with E-state index < -0.39 is 0 Å². The summed E-state index contributed by atoms with van der Waals surface area (Å²) < 4.78 is 20.0. The molecule has 0 fully saturated rings. The molecule has 1 aromatic carbocycles. The number of amides is 1. The first-order valence-electron chi connectivity index (χ1n) is 9.17. The Morgan fingerprint density at radius 3 is 2.68 bits per heavy atom. The highest BCUT2D eigenvalue weighted by molar-refractivity contribution is 5.93. The Balaban J connectivity index is 1.65. The first kappa shape index (κ1) is 18.2. The van der Waals surface area contributed by atoms with Gasteiger partial charge in [-0.25, -0.2) is 9.37 Å². The summed E-state index contributed by atoms with van der Waals surface area (Å²) in [4.78, 5) is 31.2. The van der Waals surface area contributed by atoms with E-state index >= 15 is 0 Å². The van der Waals surface area contributed by atoms with Crippen LogP contribution < -0.4 is 5.56 Å². The van der Waals surface area contributed by atoms with Crippen LogP contribution in [0.5, 0.6) is 0 Å². The molecule has 6 nitrogen and oxygen atoms in total. The molecule has 0 bridgehead atoms. The van der Waals surface area contributed by atoms with Crippen molar-refractivity contribution in [3.05, 3.63) is 81.7 Å². The number of nitrogens with zero attached hydrogens (tertiary/aromatic N) is 3. The molecule has 0 aliphatic carbocycles. The maximum atomic E-state index is 13.2. The number of fused-ring (bicyclic) bond motifs is 1. The zero-order valence-electron chi connectivity index (χ0n) is 15.7. The molecule has 0 saturated carbocycles. The van der Waals surface area contributed by atoms with Gasteiger partial charge in [0, 0.05) is 37.0 Å². The molecule has 7 heteroatoms. The van der Waals surface area contributed by atoms with Crippen LogP contribution in [0.3, 0.4) is 0 Å². The summed E-state index contributed by atoms with van der Waals surface area (Å²) in [5.74, 6) is 0.0944. The van der Waals surface area contributed by atoms with Gasteiger partial charge in [-0.15, -0.1) is 0 Å². The minimum atomic E-state index is -0.361. The van der Waals surface area contributed by atoms with Gasteiger partial charge in [-0.2, -0.15) is 0 Å². The molecule has 3 aromatic rings. The molecule has 0 radical (unpaired) electrons. The smallest absolute Gasteiger partial charge is 0.276 e. The van der Waals surface area contributed by atoms with Crippen LogP contribution in [0.4, 0.5) is 4.39 Å². The number of hydrogen-bond donors (Lipinski definition) is 0. The largest absolute Gasteiger partial charge is 0.447 e. The van der Waals surface area contributed by atoms with E-state index in [0.717, 1.165) is 11.1 Å². The lowest BCUT2D eigenvalue weighted by Crippen LogP contribution is -2.38. The zero-order valence-corrected chi connectivity index (χ0v) is 15.7. The molecule has 1 aliphatic rings. The summed E-state index contributed by atoms with van der Waals surface area (Å²) in [5, 5.41) is 0. The standard InChI is InChI=1S/C21H20FN3O3/c1-13(2)20-19(23-12-28-20)21(27)24-8-7-14-9-18(26)25(11-15(14)10-24)17-5-3-16(22)4-6-17/h3-6,9,11-13H,7-8,10H2,1-2H3. The van der Waals surface area contributed by atoms with E-state index in [1.807, 2.05) is 13.8 Å². The van der Waals surface area contributed by atoms with Gasteiger partial charge >= 0.3 is 0 Å². The molecule has 2 aromatic heterocycles. The van der Waals surface area contributed by atoms with Crippen molar-refractivity contribution in [1.29, 1.82) is 0 Å². The first-order valence-corrected chi connectivity index (χ1v) is 9.17. The lowest BCUT2D eigenvalue weighted by molar-refractivity contribution is 0.0726. The van der Waals surface area contributed by atoms with Crippen LogP contribution in [-0.2, 0) is 13.0 Å². The summed E-state index contributed by atoms with van der Waals surface area (Å²) in [7, 11) is 0. The predicted molar refractivity (Wildman–Crippen MR) is 101 cm³/mol. The van der Waals surface area contributed by atoms with Crippen molar-refractivity contribution < 1.29 is 13.6 Å². The van der Waals surface area contributed by atoms with Gasteiger partial charge in [0.1, 0.15) is 11.6 Å². The van der Waals surface area contributed by atoms with E-state index in [4.69, 9.17) is 4.42 Å². The molecule has 0 unspecified atom stereocenters. The number of hydrogen-bond acceptors (Lipinski definition) is 4. The number of carbonyl (C=O) groups excluding carboxylic acids is 1. The number of pyridine rings is 1. The predicted octanol–water partition coefficient (Wildman–Crippen LogP) is 3.29. The van der Waals surface area contributed by atoms with E-state index in [1.54, 1.807) is 29.3 Å². The second-order valence-corrected chi connectivity index (χ2v) is 7.21. The molecule has 1 aliphatic heterocycles. The highest BCUT2D eigenvalue weighted by atomic mass is 19.1. The molecule has 0 atom stereocenters. The molecule has 3 heterocycles. The van der Waals surface area contributed by atoms with E-state index in [9.17, 15) is 14.0 Å². The highest BCUT2D eigenvalue weighted by Gasteiger charge is 2.27. The summed E-state index contributed by atoms with van der Waals surface area (Å²) in [6, 6.07) is 7.33. The summed E-state index contributed by atoms with van der Waals surface area (Å²) in [6.07, 6.45) is 3.62. The van der Waals surface area contributed by atoms with E-state index in [2.05, 4.69) is 4.98 Å². The Morgan fingerprint density at radius 2 is 1.96 bits per heavy atom. The van der Waals surface area contributed by atoms with Crippen LogP contribution in [0.15, 0.2) is 52.1 Å². The average Bonchev–Trinajstić information content (AvgIpc) is 3.17. The fourth-order valence-corrected chi connectivity index (χ4v) is 3.48. The van der Waals surface area contributed by atoms with Crippen LogP contribution in [0.1, 0.15) is 47.1 Å². The lowest BCUT2D eigenvalue weighted by Gasteiger charge is -2.29. The van der Waals surface area contributed by atoms with Crippen molar-refractivity contribution >= 4 is 5.91 Å². The van der Waals surface area contributed by atoms with Crippen molar-refractivity contribution in [2.75, 3.05) is 6.54 Å². The molecule has 28 heavy (non-hydrogen) atoms. The van der Waals surface area contributed by atoms with Gasteiger partial charge in [-0.3, -0.25) is 14.2 Å². The van der Waals surface area contributed by atoms with Gasteiger partial charge in [0.15, 0.2) is 12.1 Å². The Morgan fingerprint density at radius 1 is 1.21 bits per heavy atom. The summed E-state index contributed by atoms with van der Waals surface area (Å²) in [5.41, 5.74) is 2.56. The molecule has 0 saturated heterocycles. The fourth-order valence-electron chi connectivity index (χ4n) is 3.48. The van der Waals surface area contributed by atoms with Crippen LogP contribution in [0.2, 0.25) is 0 Å². The maximum absolute atomic E-state index is 13.2. The number of benzene rings is 1. The van der Waals surface area contributed by atoms with Gasteiger partial charge in [-0.05, 0) is 41.8 Å². The second-order valence-electron chi connectivity index (χ2n) is 7.21. The minimum Gasteiger partial charge on any atom is -0.447 e. The van der Waals surface area contributed by atoms with Crippen molar-refractivity contribution in [3.8, 4) is 5.69 Å². The number of rotatable bonds is 3. The third-order valence-corrected chi connectivity index (χ3v) is 4.96. The second kappa shape index (κ2) is 7.07. The van der Waals surface area contributed by atoms with Crippen molar-refractivity contribution in [1.82, 2.24) is 14.5 Å². The summed E-state index contributed by atoms with van der Waals surface area (Å²) in [6.45, 7) is 4.78. The number of carbonyl (C=O) groups is 1. The van der Waals surface area contributed by atoms with Gasteiger partial charge in [0.05, 0.1) is 0 Å². The van der Waals surface area contributed by atoms with Gasteiger partial charge in [-0.1, -0.05) is 13.8 Å². The van der Waals surface area contributed by atoms with Crippen molar-refractivity contribution in [3.63, 3.8) is 0 Å². The van der Waals surface area contributed by atoms with Crippen LogP contribution in [0, 0.1) is 5.82 Å². The molecule has 4 rings (SSSR count). The maximum Gasteiger partial charge on any atom is 0.276 e. The Bertz CT molecular complexity index is 1080. The monoisotopic (exact) mass is 381 g/mol. The first-order chi connectivity index (χ1) is 13.4. The van der Waals surface area contributed by atoms with E-state index in [-0.39, 0.29) is 23.2 Å². The van der Waals surface area contributed by atoms with Crippen LogP contribution in [-0.4, -0.2) is 26.9 Å². The molecule has 0 N–H and O–H groups in total. The fraction of sp³-hybridized carbons (Fsp3) is 0.286. The van der Waals surface area contributed by atoms with E-state index in [1.165, 1.54) is 23.1 Å². The third kappa shape index (κ3) is 3.24. The molecule has 0 spiro atoms. The summed E-state index contributed by atoms with van der Waals surface area (Å²) >= 11 is 0. The number of halogens is 1. The minimum absolute atomic E-state index is 0.0576. The van der Waals surface area contributed by atoms with Crippen molar-refractivity contribution in [2.24, 2.45) is 0 Å². The van der Waals surface area contributed by atoms with Gasteiger partial charge < -0.3 is 9.32 Å². The van der Waals surface area contributed by atoms with Gasteiger partial charge in [0.25, 0.3) is 11.5 Å². The molecule has 144 valence electrons. The number of oxazole rings is 1. The third-order valence-electron chi connectivity index (χ3n) is 4.96. The molecular weight excluding hydrogens is 361 g/mol. The van der Waals surface area contributed by atoms with Crippen molar-refractivity contribution in [2.45, 2.75) is 32.7 Å². The lowest BCUT2D eigenvalue weighted by atomic mass is 10.0. The number of aromatic nitrogens is 2. The highest BCUT2D eigenvalue weighted by Crippen LogP contribution is 2.24. The zero-order chi connectivity index (χ0) is 19.8. The van der Waals surface area contributed by atoms with Gasteiger partial charge in [0.2, 0.25) is 0 Å². The Labute approximate surface area is 161 Å². The SMILES string of the molecule is CC(C)c1ocnc1C(=O)N1CCc2cc(=O)n(-c3ccc(F)cc3)cc2C1. The topological polar surface area (TPSA) is 68.3 Å². The average molecular weight is 381 g/mol. The molecule has 1 amide bonds. The van der Waals surface area contributed by atoms with Crippen LogP contribution >= 0.6 is 0 Å². The van der Waals surface area contributed by atoms with E-state index in [0.29, 0.717) is 36.7 Å². The van der Waals surface area contributed by atoms with Crippen LogP contribution in [0.25, 0.3) is 5.69 Å².